The number of nitrogens with two attached hydrogens (primary N) is 1. The van der Waals surface area contributed by atoms with Crippen molar-refractivity contribution >= 4 is 11.8 Å². The zero-order valence-corrected chi connectivity index (χ0v) is 10.4. The van der Waals surface area contributed by atoms with E-state index in [1.54, 1.807) is 0 Å². The van der Waals surface area contributed by atoms with Gasteiger partial charge in [-0.3, -0.25) is 0 Å². The topological polar surface area (TPSA) is 43.8 Å². The molecule has 1 aromatic heterocycles. The molecule has 1 aliphatic carbocycles. The van der Waals surface area contributed by atoms with E-state index >= 15 is 0 Å². The molecule has 3 nitrogen and oxygen atoms in total. The van der Waals surface area contributed by atoms with E-state index in [4.69, 9.17) is 5.73 Å². The third-order valence-corrected chi connectivity index (χ3v) is 4.85. The molecule has 2 rings (SSSR count). The summed E-state index contributed by atoms with van der Waals surface area (Å²) in [6.07, 6.45) is 6.24. The van der Waals surface area contributed by atoms with Gasteiger partial charge in [-0.1, -0.05) is 25.6 Å². The minimum absolute atomic E-state index is 0.277. The number of aromatic nitrogens is 2. The molecular formula is C11H19N3S. The molecule has 2 unspecified atom stereocenters. The zero-order valence-electron chi connectivity index (χ0n) is 9.60. The van der Waals surface area contributed by atoms with E-state index in [9.17, 15) is 0 Å². The SMILES string of the molecule is Cn1ccnc1SC1CCC(C)(C)C1N. The molecule has 2 N–H and O–H groups in total. The second-order valence-corrected chi connectivity index (χ2v) is 6.24. The third kappa shape index (κ3) is 2.06. The summed E-state index contributed by atoms with van der Waals surface area (Å²) >= 11 is 1.82. The lowest BCUT2D eigenvalue weighted by Crippen LogP contribution is -2.38. The number of imidazole rings is 1. The van der Waals surface area contributed by atoms with Crippen LogP contribution in [-0.4, -0.2) is 20.8 Å². The number of hydrogen-bond acceptors (Lipinski definition) is 3. The summed E-state index contributed by atoms with van der Waals surface area (Å²) in [5.74, 6) is 0. The van der Waals surface area contributed by atoms with Gasteiger partial charge in [0.1, 0.15) is 0 Å². The lowest BCUT2D eigenvalue weighted by molar-refractivity contribution is 0.334. The van der Waals surface area contributed by atoms with Crippen LogP contribution in [0.1, 0.15) is 26.7 Å². The number of hydrogen-bond donors (Lipinski definition) is 1. The average Bonchev–Trinajstić information content (AvgIpc) is 2.66. The van der Waals surface area contributed by atoms with Crippen molar-refractivity contribution in [2.75, 3.05) is 0 Å². The summed E-state index contributed by atoms with van der Waals surface area (Å²) in [6, 6.07) is 0.277. The first-order chi connectivity index (χ1) is 7.00. The summed E-state index contributed by atoms with van der Waals surface area (Å²) in [7, 11) is 2.03. The van der Waals surface area contributed by atoms with Crippen molar-refractivity contribution in [3.05, 3.63) is 12.4 Å². The van der Waals surface area contributed by atoms with Crippen molar-refractivity contribution in [1.29, 1.82) is 0 Å². The van der Waals surface area contributed by atoms with E-state index in [1.807, 2.05) is 31.2 Å². The molecule has 0 radical (unpaired) electrons. The Labute approximate surface area is 95.4 Å². The van der Waals surface area contributed by atoms with Gasteiger partial charge in [0.25, 0.3) is 0 Å². The van der Waals surface area contributed by atoms with Crippen molar-refractivity contribution in [2.24, 2.45) is 18.2 Å². The predicted octanol–water partition coefficient (Wildman–Crippen LogP) is 2.03. The molecule has 15 heavy (non-hydrogen) atoms. The van der Waals surface area contributed by atoms with Crippen LogP contribution >= 0.6 is 11.8 Å². The molecule has 84 valence electrons. The Hall–Kier alpha value is -0.480. The van der Waals surface area contributed by atoms with Gasteiger partial charge >= 0.3 is 0 Å². The molecule has 0 saturated heterocycles. The molecule has 0 aromatic carbocycles. The van der Waals surface area contributed by atoms with E-state index < -0.39 is 0 Å². The number of aryl methyl sites for hydroxylation is 1. The quantitative estimate of drug-likeness (QED) is 0.837. The van der Waals surface area contributed by atoms with Gasteiger partial charge in [-0.15, -0.1) is 0 Å². The molecule has 1 aliphatic rings. The molecule has 0 bridgehead atoms. The Morgan fingerprint density at radius 3 is 2.80 bits per heavy atom. The lowest BCUT2D eigenvalue weighted by atomic mass is 9.88. The monoisotopic (exact) mass is 225 g/mol. The average molecular weight is 225 g/mol. The minimum atomic E-state index is 0.277. The van der Waals surface area contributed by atoms with E-state index in [1.165, 1.54) is 12.8 Å². The van der Waals surface area contributed by atoms with Crippen molar-refractivity contribution in [2.45, 2.75) is 43.1 Å². The van der Waals surface area contributed by atoms with Gasteiger partial charge < -0.3 is 10.3 Å². The van der Waals surface area contributed by atoms with Crippen LogP contribution < -0.4 is 5.73 Å². The Balaban J connectivity index is 2.06. The molecule has 1 saturated carbocycles. The van der Waals surface area contributed by atoms with Crippen LogP contribution in [0.25, 0.3) is 0 Å². The third-order valence-electron chi connectivity index (χ3n) is 3.41. The van der Waals surface area contributed by atoms with Crippen LogP contribution in [0.5, 0.6) is 0 Å². The van der Waals surface area contributed by atoms with Crippen LogP contribution in [0.2, 0.25) is 0 Å². The van der Waals surface area contributed by atoms with Crippen LogP contribution in [0.4, 0.5) is 0 Å². The van der Waals surface area contributed by atoms with Gasteiger partial charge in [-0.05, 0) is 18.3 Å². The van der Waals surface area contributed by atoms with Crippen LogP contribution in [0.15, 0.2) is 17.6 Å². The van der Waals surface area contributed by atoms with E-state index in [-0.39, 0.29) is 11.5 Å². The Morgan fingerprint density at radius 1 is 1.60 bits per heavy atom. The van der Waals surface area contributed by atoms with Crippen molar-refractivity contribution in [1.82, 2.24) is 9.55 Å². The van der Waals surface area contributed by atoms with Crippen LogP contribution in [0.3, 0.4) is 0 Å². The first-order valence-corrected chi connectivity index (χ1v) is 6.28. The maximum atomic E-state index is 6.27. The Morgan fingerprint density at radius 2 is 2.33 bits per heavy atom. The van der Waals surface area contributed by atoms with Gasteiger partial charge in [0.15, 0.2) is 5.16 Å². The largest absolute Gasteiger partial charge is 0.329 e. The molecule has 0 aliphatic heterocycles. The fraction of sp³-hybridized carbons (Fsp3) is 0.727. The fourth-order valence-electron chi connectivity index (χ4n) is 2.10. The fourth-order valence-corrected chi connectivity index (χ4v) is 3.47. The lowest BCUT2D eigenvalue weighted by Gasteiger charge is -2.26. The zero-order chi connectivity index (χ0) is 11.1. The summed E-state index contributed by atoms with van der Waals surface area (Å²) < 4.78 is 2.06. The van der Waals surface area contributed by atoms with E-state index in [0.717, 1.165) is 5.16 Å². The standard InChI is InChI=1S/C11H19N3S/c1-11(2)5-4-8(9(11)12)15-10-13-6-7-14(10)3/h6-9H,4-5,12H2,1-3H3. The number of thioether (sulfide) groups is 1. The van der Waals surface area contributed by atoms with E-state index in [2.05, 4.69) is 23.4 Å². The van der Waals surface area contributed by atoms with Crippen molar-refractivity contribution in [3.8, 4) is 0 Å². The maximum Gasteiger partial charge on any atom is 0.167 e. The molecule has 1 aromatic rings. The highest BCUT2D eigenvalue weighted by Gasteiger charge is 2.40. The highest BCUT2D eigenvalue weighted by Crippen LogP contribution is 2.43. The summed E-state index contributed by atoms with van der Waals surface area (Å²) in [6.45, 7) is 4.52. The number of rotatable bonds is 2. The molecule has 0 amide bonds. The second kappa shape index (κ2) is 3.83. The molecular weight excluding hydrogens is 206 g/mol. The summed E-state index contributed by atoms with van der Waals surface area (Å²) in [5, 5.41) is 1.59. The molecule has 1 heterocycles. The molecule has 2 atom stereocenters. The first kappa shape index (κ1) is 11.0. The summed E-state index contributed by atoms with van der Waals surface area (Å²) in [5.41, 5.74) is 6.55. The maximum absolute atomic E-state index is 6.27. The smallest absolute Gasteiger partial charge is 0.167 e. The van der Waals surface area contributed by atoms with Gasteiger partial charge in [-0.25, -0.2) is 4.98 Å². The highest BCUT2D eigenvalue weighted by atomic mass is 32.2. The van der Waals surface area contributed by atoms with Crippen molar-refractivity contribution < 1.29 is 0 Å². The number of nitrogens with zero attached hydrogens (tertiary/aromatic N) is 2. The predicted molar refractivity (Wildman–Crippen MR) is 63.8 cm³/mol. The molecule has 0 spiro atoms. The van der Waals surface area contributed by atoms with Gasteiger partial charge in [0.05, 0.1) is 0 Å². The van der Waals surface area contributed by atoms with Crippen LogP contribution in [-0.2, 0) is 7.05 Å². The van der Waals surface area contributed by atoms with Gasteiger partial charge in [0, 0.05) is 30.7 Å². The normalized spacial score (nSPS) is 29.6. The van der Waals surface area contributed by atoms with Crippen molar-refractivity contribution in [3.63, 3.8) is 0 Å². The summed E-state index contributed by atoms with van der Waals surface area (Å²) in [4.78, 5) is 4.33. The molecule has 4 heteroatoms. The van der Waals surface area contributed by atoms with E-state index in [0.29, 0.717) is 5.25 Å². The van der Waals surface area contributed by atoms with Gasteiger partial charge in [-0.2, -0.15) is 0 Å². The van der Waals surface area contributed by atoms with Crippen LogP contribution in [0, 0.1) is 5.41 Å². The molecule has 1 fully saturated rings. The van der Waals surface area contributed by atoms with Gasteiger partial charge in [0.2, 0.25) is 0 Å². The minimum Gasteiger partial charge on any atom is -0.329 e. The Bertz CT molecular complexity index is 345. The highest BCUT2D eigenvalue weighted by molar-refractivity contribution is 7.99. The first-order valence-electron chi connectivity index (χ1n) is 5.40. The Kier molecular flexibility index (Phi) is 2.81. The second-order valence-electron chi connectivity index (χ2n) is 5.03.